The van der Waals surface area contributed by atoms with Gasteiger partial charge >= 0.3 is 42.8 Å². The number of nitrogens with zero attached hydrogens (tertiary/aromatic N) is 1. The zero-order valence-electron chi connectivity index (χ0n) is 11.1. The molecule has 10 nitrogen and oxygen atoms in total. The minimum absolute atomic E-state index is 0. The molecule has 0 aliphatic heterocycles. The first-order valence-electron chi connectivity index (χ1n) is 5.77. The molecule has 1 aromatic heterocycles. The Morgan fingerprint density at radius 1 is 1.45 bits per heavy atom. The Morgan fingerprint density at radius 2 is 2.05 bits per heavy atom. The summed E-state index contributed by atoms with van der Waals surface area (Å²) < 4.78 is 16.0. The van der Waals surface area contributed by atoms with Crippen LogP contribution in [0, 0.1) is 6.92 Å². The van der Waals surface area contributed by atoms with Gasteiger partial charge < -0.3 is 19.6 Å². The van der Waals surface area contributed by atoms with E-state index in [-0.39, 0.29) is 35.1 Å². The van der Waals surface area contributed by atoms with Gasteiger partial charge in [-0.3, -0.25) is 19.1 Å². The first-order valence-corrected chi connectivity index (χ1v) is 7.56. The molecule has 0 bridgehead atoms. The molecule has 0 amide bonds. The van der Waals surface area contributed by atoms with Crippen molar-refractivity contribution in [2.75, 3.05) is 13.0 Å². The van der Waals surface area contributed by atoms with Crippen molar-refractivity contribution in [2.24, 2.45) is 0 Å². The Labute approximate surface area is 146 Å². The van der Waals surface area contributed by atoms with Crippen LogP contribution in [0.5, 0.6) is 0 Å². The van der Waals surface area contributed by atoms with Crippen LogP contribution in [-0.2, 0) is 9.30 Å². The van der Waals surface area contributed by atoms with E-state index in [2.05, 4.69) is 0 Å². The van der Waals surface area contributed by atoms with Crippen LogP contribution in [0.15, 0.2) is 15.8 Å². The van der Waals surface area contributed by atoms with E-state index in [0.717, 1.165) is 6.20 Å². The van der Waals surface area contributed by atoms with E-state index < -0.39 is 50.2 Å². The summed E-state index contributed by atoms with van der Waals surface area (Å²) in [4.78, 5) is 53.8. The van der Waals surface area contributed by atoms with Crippen LogP contribution in [0.3, 0.4) is 0 Å². The monoisotopic (exact) mass is 346 g/mol. The molecule has 0 saturated heterocycles. The van der Waals surface area contributed by atoms with Crippen LogP contribution >= 0.6 is 7.60 Å². The zero-order valence-corrected chi connectivity index (χ0v) is 11.9. The fourth-order valence-corrected chi connectivity index (χ4v) is 1.83. The molecule has 0 aliphatic rings. The van der Waals surface area contributed by atoms with Crippen molar-refractivity contribution in [3.05, 3.63) is 32.6 Å². The molecule has 0 fully saturated rings. The molecule has 12 heteroatoms. The SMILES string of the molecule is Cc1cn(C(=O)C[C@@H](CO)OCP(=O)(O)O)c(=O)[nH]c1=O.[NaH]. The first kappa shape index (κ1) is 21.4. The van der Waals surface area contributed by atoms with Gasteiger partial charge in [0.05, 0.1) is 19.1 Å². The number of hydrogen-bond donors (Lipinski definition) is 4. The number of carbonyl (C=O) groups is 1. The number of nitrogens with one attached hydrogen (secondary N) is 1. The maximum atomic E-state index is 11.9. The summed E-state index contributed by atoms with van der Waals surface area (Å²) in [5, 5.41) is 9.01. The van der Waals surface area contributed by atoms with Crippen molar-refractivity contribution in [3.8, 4) is 0 Å². The number of H-pyrrole nitrogens is 1. The van der Waals surface area contributed by atoms with Gasteiger partial charge in [0.15, 0.2) is 0 Å². The van der Waals surface area contributed by atoms with E-state index >= 15 is 0 Å². The summed E-state index contributed by atoms with van der Waals surface area (Å²) in [6.07, 6.45) is -1.57. The van der Waals surface area contributed by atoms with E-state index in [1.165, 1.54) is 6.92 Å². The van der Waals surface area contributed by atoms with Gasteiger partial charge in [-0.25, -0.2) is 9.36 Å². The molecular formula is C10H16N2NaO8P. The Balaban J connectivity index is 0.00000441. The van der Waals surface area contributed by atoms with Crippen molar-refractivity contribution >= 4 is 43.1 Å². The molecule has 1 aromatic rings. The molecule has 0 aliphatic carbocycles. The average Bonchev–Trinajstić information content (AvgIpc) is 2.37. The van der Waals surface area contributed by atoms with Gasteiger partial charge in [-0.1, -0.05) is 0 Å². The van der Waals surface area contributed by atoms with Gasteiger partial charge in [0, 0.05) is 11.8 Å². The summed E-state index contributed by atoms with van der Waals surface area (Å²) in [5.74, 6) is -0.788. The van der Waals surface area contributed by atoms with Crippen molar-refractivity contribution in [1.29, 1.82) is 0 Å². The molecule has 4 N–H and O–H groups in total. The third-order valence-corrected chi connectivity index (χ3v) is 2.96. The number of aromatic amines is 1. The molecule has 1 rings (SSSR count). The minimum atomic E-state index is -4.43. The topological polar surface area (TPSA) is 159 Å². The fourth-order valence-electron chi connectivity index (χ4n) is 1.42. The van der Waals surface area contributed by atoms with E-state index in [1.807, 2.05) is 4.98 Å². The Hall–Kier alpha value is -0.580. The van der Waals surface area contributed by atoms with Crippen molar-refractivity contribution in [1.82, 2.24) is 9.55 Å². The van der Waals surface area contributed by atoms with Gasteiger partial charge in [-0.05, 0) is 6.92 Å². The van der Waals surface area contributed by atoms with Crippen LogP contribution < -0.4 is 11.2 Å². The van der Waals surface area contributed by atoms with Gasteiger partial charge in [-0.2, -0.15) is 0 Å². The number of hydrogen-bond acceptors (Lipinski definition) is 6. The molecule has 0 unspecified atom stereocenters. The summed E-state index contributed by atoms with van der Waals surface area (Å²) in [6, 6.07) is 0. The quantitative estimate of drug-likeness (QED) is 0.332. The third-order valence-electron chi connectivity index (χ3n) is 2.47. The molecule has 22 heavy (non-hydrogen) atoms. The summed E-state index contributed by atoms with van der Waals surface area (Å²) in [5.41, 5.74) is -1.43. The van der Waals surface area contributed by atoms with Gasteiger partial charge in [0.1, 0.15) is 6.35 Å². The second-order valence-electron chi connectivity index (χ2n) is 4.30. The third kappa shape index (κ3) is 6.67. The molecule has 0 spiro atoms. The maximum absolute atomic E-state index is 11.9. The van der Waals surface area contributed by atoms with Crippen LogP contribution in [0.4, 0.5) is 0 Å². The van der Waals surface area contributed by atoms with Crippen LogP contribution in [0.1, 0.15) is 16.8 Å². The van der Waals surface area contributed by atoms with Crippen molar-refractivity contribution < 1.29 is 29.0 Å². The van der Waals surface area contributed by atoms with Crippen molar-refractivity contribution in [2.45, 2.75) is 19.4 Å². The van der Waals surface area contributed by atoms with E-state index in [0.29, 0.717) is 4.57 Å². The van der Waals surface area contributed by atoms with Gasteiger partial charge in [-0.15, -0.1) is 0 Å². The molecule has 0 aromatic carbocycles. The number of rotatable bonds is 6. The second kappa shape index (κ2) is 8.90. The van der Waals surface area contributed by atoms with Crippen molar-refractivity contribution in [3.63, 3.8) is 0 Å². The van der Waals surface area contributed by atoms with E-state index in [4.69, 9.17) is 19.6 Å². The number of aliphatic hydroxyl groups excluding tert-OH is 1. The van der Waals surface area contributed by atoms with E-state index in [9.17, 15) is 18.9 Å². The summed E-state index contributed by atoms with van der Waals surface area (Å²) >= 11 is 0. The standard InChI is InChI=1S/C10H15N2O8P.Na.H/c1-6-3-12(10(16)11-9(6)15)8(14)2-7(4-13)20-5-21(17,18)19;;/h3,7,13H,2,4-5H2,1H3,(H,11,15,16)(H2,17,18,19);;/t7-;;/m0../s1. The molecule has 0 saturated carbocycles. The molecule has 0 radical (unpaired) electrons. The molecule has 1 atom stereocenters. The molecule has 1 heterocycles. The predicted molar refractivity (Wildman–Crippen MR) is 77.3 cm³/mol. The Bertz CT molecular complexity index is 678. The Kier molecular flexibility index (Phi) is 8.66. The Morgan fingerprint density at radius 3 is 2.55 bits per heavy atom. The summed E-state index contributed by atoms with van der Waals surface area (Å²) in [6.45, 7) is 0.735. The van der Waals surface area contributed by atoms with E-state index in [1.54, 1.807) is 0 Å². The van der Waals surface area contributed by atoms with Gasteiger partial charge in [0.25, 0.3) is 5.56 Å². The number of aliphatic hydroxyl groups is 1. The molecule has 120 valence electrons. The predicted octanol–water partition coefficient (Wildman–Crippen LogP) is -2.26. The average molecular weight is 346 g/mol. The van der Waals surface area contributed by atoms with Crippen LogP contribution in [0.25, 0.3) is 0 Å². The number of ether oxygens (including phenoxy) is 1. The zero-order chi connectivity index (χ0) is 16.2. The number of carbonyl (C=O) groups excluding carboxylic acids is 1. The fraction of sp³-hybridized carbons (Fsp3) is 0.500. The second-order valence-corrected chi connectivity index (χ2v) is 5.89. The first-order chi connectivity index (χ1) is 9.64. The van der Waals surface area contributed by atoms with Gasteiger partial charge in [0.2, 0.25) is 5.91 Å². The van der Waals surface area contributed by atoms with Crippen LogP contribution in [0.2, 0.25) is 0 Å². The summed E-state index contributed by atoms with van der Waals surface area (Å²) in [7, 11) is -4.43. The normalized spacial score (nSPS) is 12.5. The molecular weight excluding hydrogens is 330 g/mol. The number of aryl methyl sites for hydroxylation is 1. The van der Waals surface area contributed by atoms with Crippen LogP contribution in [-0.4, -0.2) is 79.0 Å². The number of aromatic nitrogens is 2.